The third-order valence-corrected chi connectivity index (χ3v) is 1.99. The molecule has 17 heavy (non-hydrogen) atoms. The molecule has 0 saturated heterocycles. The molecule has 0 bridgehead atoms. The molecule has 0 aliphatic rings. The first-order valence-electron chi connectivity index (χ1n) is 5.08. The zero-order valence-corrected chi connectivity index (χ0v) is 10.2. The Kier molecular flexibility index (Phi) is 4.36. The van der Waals surface area contributed by atoms with E-state index >= 15 is 0 Å². The van der Waals surface area contributed by atoms with E-state index in [0.717, 1.165) is 0 Å². The van der Waals surface area contributed by atoms with Crippen molar-refractivity contribution >= 4 is 11.7 Å². The molecular formula is C10H17N5O2. The van der Waals surface area contributed by atoms with Gasteiger partial charge in [-0.05, 0) is 13.8 Å². The van der Waals surface area contributed by atoms with Crippen LogP contribution in [-0.2, 0) is 4.74 Å². The number of hydrogen-bond donors (Lipinski definition) is 3. The van der Waals surface area contributed by atoms with E-state index < -0.39 is 5.54 Å². The van der Waals surface area contributed by atoms with E-state index in [1.807, 2.05) is 13.8 Å². The summed E-state index contributed by atoms with van der Waals surface area (Å²) in [5.74, 6) is 5.25. The fraction of sp³-hybridized carbons (Fsp3) is 0.500. The van der Waals surface area contributed by atoms with Crippen molar-refractivity contribution in [2.24, 2.45) is 5.84 Å². The maximum absolute atomic E-state index is 11.8. The second-order valence-electron chi connectivity index (χ2n) is 4.20. The minimum Gasteiger partial charge on any atom is -0.382 e. The maximum atomic E-state index is 11.8. The van der Waals surface area contributed by atoms with E-state index in [2.05, 4.69) is 20.7 Å². The molecule has 7 nitrogen and oxygen atoms in total. The summed E-state index contributed by atoms with van der Waals surface area (Å²) in [6.45, 7) is 4.13. The van der Waals surface area contributed by atoms with Crippen LogP contribution in [0.1, 0.15) is 24.3 Å². The van der Waals surface area contributed by atoms with Gasteiger partial charge in [-0.15, -0.1) is 0 Å². The standard InChI is InChI=1S/C10H17N5O2/c1-10(2,6-17-3)14-9(16)7-4-13-8(15-11)5-12-7/h4-5H,6,11H2,1-3H3,(H,13,15)(H,14,16). The summed E-state index contributed by atoms with van der Waals surface area (Å²) in [6, 6.07) is 0. The zero-order valence-electron chi connectivity index (χ0n) is 10.2. The number of amides is 1. The van der Waals surface area contributed by atoms with Gasteiger partial charge in [-0.2, -0.15) is 0 Å². The van der Waals surface area contributed by atoms with Crippen LogP contribution >= 0.6 is 0 Å². The highest BCUT2D eigenvalue weighted by molar-refractivity contribution is 5.92. The van der Waals surface area contributed by atoms with Crippen LogP contribution < -0.4 is 16.6 Å². The second kappa shape index (κ2) is 5.55. The van der Waals surface area contributed by atoms with Crippen molar-refractivity contribution in [1.82, 2.24) is 15.3 Å². The molecule has 0 radical (unpaired) electrons. The quantitative estimate of drug-likeness (QED) is 0.490. The van der Waals surface area contributed by atoms with Gasteiger partial charge >= 0.3 is 0 Å². The van der Waals surface area contributed by atoms with E-state index in [0.29, 0.717) is 12.4 Å². The molecule has 7 heteroatoms. The van der Waals surface area contributed by atoms with E-state index in [4.69, 9.17) is 10.6 Å². The number of aromatic nitrogens is 2. The molecule has 0 aliphatic carbocycles. The molecule has 4 N–H and O–H groups in total. The van der Waals surface area contributed by atoms with Crippen LogP contribution in [0.2, 0.25) is 0 Å². The van der Waals surface area contributed by atoms with Crippen LogP contribution in [0.4, 0.5) is 5.82 Å². The van der Waals surface area contributed by atoms with Gasteiger partial charge in [0.2, 0.25) is 0 Å². The molecule has 0 saturated carbocycles. The molecule has 1 aromatic rings. The van der Waals surface area contributed by atoms with Crippen LogP contribution in [0.15, 0.2) is 12.4 Å². The highest BCUT2D eigenvalue weighted by Crippen LogP contribution is 2.05. The maximum Gasteiger partial charge on any atom is 0.271 e. The Morgan fingerprint density at radius 1 is 1.47 bits per heavy atom. The highest BCUT2D eigenvalue weighted by Gasteiger charge is 2.21. The molecule has 0 aliphatic heterocycles. The predicted molar refractivity (Wildman–Crippen MR) is 63.3 cm³/mol. The lowest BCUT2D eigenvalue weighted by atomic mass is 10.1. The average molecular weight is 239 g/mol. The predicted octanol–water partition coefficient (Wildman–Crippen LogP) is -0.0830. The number of ether oxygens (including phenoxy) is 1. The normalized spacial score (nSPS) is 11.1. The van der Waals surface area contributed by atoms with Crippen molar-refractivity contribution in [2.75, 3.05) is 19.1 Å². The zero-order chi connectivity index (χ0) is 12.9. The van der Waals surface area contributed by atoms with Gasteiger partial charge in [0.1, 0.15) is 5.69 Å². The number of hydrogen-bond acceptors (Lipinski definition) is 6. The number of hydrazine groups is 1. The van der Waals surface area contributed by atoms with Gasteiger partial charge in [-0.1, -0.05) is 0 Å². The van der Waals surface area contributed by atoms with Gasteiger partial charge < -0.3 is 15.5 Å². The Morgan fingerprint density at radius 3 is 2.65 bits per heavy atom. The summed E-state index contributed by atoms with van der Waals surface area (Å²) in [7, 11) is 1.58. The molecule has 0 fully saturated rings. The number of carbonyl (C=O) groups excluding carboxylic acids is 1. The monoisotopic (exact) mass is 239 g/mol. The van der Waals surface area contributed by atoms with E-state index in [1.165, 1.54) is 12.4 Å². The molecule has 94 valence electrons. The second-order valence-corrected chi connectivity index (χ2v) is 4.20. The topological polar surface area (TPSA) is 102 Å². The highest BCUT2D eigenvalue weighted by atomic mass is 16.5. The third-order valence-electron chi connectivity index (χ3n) is 1.99. The Hall–Kier alpha value is -1.73. The number of rotatable bonds is 5. The minimum atomic E-state index is -0.460. The summed E-state index contributed by atoms with van der Waals surface area (Å²) in [6.07, 6.45) is 2.74. The van der Waals surface area contributed by atoms with Crippen LogP contribution in [0.3, 0.4) is 0 Å². The van der Waals surface area contributed by atoms with Crippen molar-refractivity contribution in [3.8, 4) is 0 Å². The molecule has 1 aromatic heterocycles. The lowest BCUT2D eigenvalue weighted by Crippen LogP contribution is -2.47. The summed E-state index contributed by atoms with van der Waals surface area (Å²) >= 11 is 0. The van der Waals surface area contributed by atoms with Crippen molar-refractivity contribution in [3.63, 3.8) is 0 Å². The Morgan fingerprint density at radius 2 is 2.18 bits per heavy atom. The number of anilines is 1. The molecule has 0 atom stereocenters. The summed E-state index contributed by atoms with van der Waals surface area (Å²) in [5, 5.41) is 2.79. The van der Waals surface area contributed by atoms with Crippen LogP contribution in [0.25, 0.3) is 0 Å². The van der Waals surface area contributed by atoms with Crippen molar-refractivity contribution in [1.29, 1.82) is 0 Å². The molecule has 1 heterocycles. The minimum absolute atomic E-state index is 0.230. The smallest absolute Gasteiger partial charge is 0.271 e. The van der Waals surface area contributed by atoms with Gasteiger partial charge in [-0.25, -0.2) is 15.8 Å². The molecule has 1 amide bonds. The lowest BCUT2D eigenvalue weighted by Gasteiger charge is -2.24. The molecule has 1 rings (SSSR count). The Bertz CT molecular complexity index is 377. The van der Waals surface area contributed by atoms with Crippen LogP contribution in [-0.4, -0.2) is 35.1 Å². The van der Waals surface area contributed by atoms with Crippen LogP contribution in [0, 0.1) is 0 Å². The molecular weight excluding hydrogens is 222 g/mol. The largest absolute Gasteiger partial charge is 0.382 e. The van der Waals surface area contributed by atoms with E-state index in [9.17, 15) is 4.79 Å². The lowest BCUT2D eigenvalue weighted by molar-refractivity contribution is 0.0815. The Balaban J connectivity index is 2.69. The number of carbonyl (C=O) groups is 1. The molecule has 0 aromatic carbocycles. The van der Waals surface area contributed by atoms with Crippen molar-refractivity contribution < 1.29 is 9.53 Å². The SMILES string of the molecule is COCC(C)(C)NC(=O)c1cnc(NN)cn1. The first kappa shape index (κ1) is 13.3. The first-order valence-corrected chi connectivity index (χ1v) is 5.08. The van der Waals surface area contributed by atoms with Crippen molar-refractivity contribution in [2.45, 2.75) is 19.4 Å². The number of nitrogens with one attached hydrogen (secondary N) is 2. The van der Waals surface area contributed by atoms with Crippen LogP contribution in [0.5, 0.6) is 0 Å². The fourth-order valence-corrected chi connectivity index (χ4v) is 1.29. The number of methoxy groups -OCH3 is 1. The van der Waals surface area contributed by atoms with Gasteiger partial charge in [0, 0.05) is 7.11 Å². The summed E-state index contributed by atoms with van der Waals surface area (Å²) < 4.78 is 5.00. The number of nitrogens with two attached hydrogens (primary N) is 1. The van der Waals surface area contributed by atoms with Gasteiger partial charge in [0.25, 0.3) is 5.91 Å². The van der Waals surface area contributed by atoms with Gasteiger partial charge in [-0.3, -0.25) is 4.79 Å². The Labute approximate surface area is 99.7 Å². The van der Waals surface area contributed by atoms with E-state index in [1.54, 1.807) is 7.11 Å². The van der Waals surface area contributed by atoms with E-state index in [-0.39, 0.29) is 11.6 Å². The molecule has 0 unspecified atom stereocenters. The third kappa shape index (κ3) is 3.97. The number of nitrogens with zero attached hydrogens (tertiary/aromatic N) is 2. The van der Waals surface area contributed by atoms with Crippen molar-refractivity contribution in [3.05, 3.63) is 18.1 Å². The summed E-state index contributed by atoms with van der Waals surface area (Å²) in [5.41, 5.74) is 2.11. The van der Waals surface area contributed by atoms with Gasteiger partial charge in [0.15, 0.2) is 5.82 Å². The first-order chi connectivity index (χ1) is 7.98. The average Bonchev–Trinajstić information content (AvgIpc) is 2.28. The fourth-order valence-electron chi connectivity index (χ4n) is 1.29. The molecule has 0 spiro atoms. The van der Waals surface area contributed by atoms with Gasteiger partial charge in [0.05, 0.1) is 24.5 Å². The number of nitrogen functional groups attached to an aromatic ring is 1. The summed E-state index contributed by atoms with van der Waals surface area (Å²) in [4.78, 5) is 19.7.